The van der Waals surface area contributed by atoms with Crippen molar-refractivity contribution in [3.05, 3.63) is 41.1 Å². The monoisotopic (exact) mass is 273 g/mol. The van der Waals surface area contributed by atoms with E-state index >= 15 is 0 Å². The maximum Gasteiger partial charge on any atom is 0.319 e. The SMILES string of the molecule is COc1ccc(C2NC(=O)NC3=C2C(=O)N(C)C3)cc1. The number of benzene rings is 1. The van der Waals surface area contributed by atoms with Crippen LogP contribution >= 0.6 is 0 Å². The lowest BCUT2D eigenvalue weighted by molar-refractivity contribution is -0.124. The molecule has 2 heterocycles. The smallest absolute Gasteiger partial charge is 0.319 e. The van der Waals surface area contributed by atoms with E-state index in [0.717, 1.165) is 11.3 Å². The second-order valence-electron chi connectivity index (χ2n) is 4.86. The van der Waals surface area contributed by atoms with Crippen LogP contribution in [0.5, 0.6) is 5.75 Å². The van der Waals surface area contributed by atoms with Gasteiger partial charge in [-0.15, -0.1) is 0 Å². The first-order valence-electron chi connectivity index (χ1n) is 6.30. The van der Waals surface area contributed by atoms with E-state index in [4.69, 9.17) is 4.74 Å². The van der Waals surface area contributed by atoms with E-state index in [1.807, 2.05) is 24.3 Å². The summed E-state index contributed by atoms with van der Waals surface area (Å²) in [6.07, 6.45) is 0. The van der Waals surface area contributed by atoms with E-state index in [1.165, 1.54) is 0 Å². The highest BCUT2D eigenvalue weighted by Crippen LogP contribution is 2.32. The van der Waals surface area contributed by atoms with Gasteiger partial charge in [-0.25, -0.2) is 4.79 Å². The number of carbonyl (C=O) groups excluding carboxylic acids is 2. The van der Waals surface area contributed by atoms with Crippen molar-refractivity contribution in [2.45, 2.75) is 6.04 Å². The molecule has 0 aliphatic carbocycles. The standard InChI is InChI=1S/C14H15N3O3/c1-17-7-10-11(13(17)18)12(16-14(19)15-10)8-3-5-9(20-2)6-4-8/h3-6,12H,7H2,1-2H3,(H2,15,16,19). The summed E-state index contributed by atoms with van der Waals surface area (Å²) in [4.78, 5) is 25.5. The zero-order valence-electron chi connectivity index (χ0n) is 11.3. The van der Waals surface area contributed by atoms with Crippen molar-refractivity contribution >= 4 is 11.9 Å². The molecule has 104 valence electrons. The van der Waals surface area contributed by atoms with Gasteiger partial charge < -0.3 is 20.3 Å². The molecule has 0 aromatic heterocycles. The number of nitrogens with zero attached hydrogens (tertiary/aromatic N) is 1. The van der Waals surface area contributed by atoms with E-state index in [0.29, 0.717) is 17.8 Å². The highest BCUT2D eigenvalue weighted by atomic mass is 16.5. The number of likely N-dealkylation sites (N-methyl/N-ethyl adjacent to an activating group) is 1. The average Bonchev–Trinajstić information content (AvgIpc) is 2.73. The molecule has 0 saturated heterocycles. The van der Waals surface area contributed by atoms with Crippen LogP contribution in [0, 0.1) is 0 Å². The number of hydrogen-bond donors (Lipinski definition) is 2. The summed E-state index contributed by atoms with van der Waals surface area (Å²) in [5.41, 5.74) is 2.15. The molecule has 3 amide bonds. The number of ether oxygens (including phenoxy) is 1. The van der Waals surface area contributed by atoms with Gasteiger partial charge in [0.1, 0.15) is 5.75 Å². The van der Waals surface area contributed by atoms with Gasteiger partial charge in [0.15, 0.2) is 0 Å². The largest absolute Gasteiger partial charge is 0.497 e. The molecule has 1 atom stereocenters. The Morgan fingerprint density at radius 2 is 1.95 bits per heavy atom. The van der Waals surface area contributed by atoms with Crippen molar-refractivity contribution in [2.24, 2.45) is 0 Å². The van der Waals surface area contributed by atoms with E-state index in [-0.39, 0.29) is 11.9 Å². The maximum atomic E-state index is 12.2. The van der Waals surface area contributed by atoms with Crippen molar-refractivity contribution < 1.29 is 14.3 Å². The molecule has 2 aliphatic heterocycles. The average molecular weight is 273 g/mol. The van der Waals surface area contributed by atoms with E-state index < -0.39 is 6.04 Å². The Morgan fingerprint density at radius 1 is 1.25 bits per heavy atom. The minimum Gasteiger partial charge on any atom is -0.497 e. The lowest BCUT2D eigenvalue weighted by Gasteiger charge is -2.25. The minimum atomic E-state index is -0.415. The Balaban J connectivity index is 2.00. The number of amides is 3. The van der Waals surface area contributed by atoms with Crippen molar-refractivity contribution in [3.8, 4) is 5.75 Å². The molecule has 0 fully saturated rings. The van der Waals surface area contributed by atoms with E-state index in [9.17, 15) is 9.59 Å². The third-order valence-corrected chi connectivity index (χ3v) is 3.58. The number of hydrogen-bond acceptors (Lipinski definition) is 3. The van der Waals surface area contributed by atoms with Gasteiger partial charge in [-0.1, -0.05) is 12.1 Å². The van der Waals surface area contributed by atoms with E-state index in [1.54, 1.807) is 19.1 Å². The van der Waals surface area contributed by atoms with Crippen LogP contribution in [0.2, 0.25) is 0 Å². The molecule has 1 aromatic carbocycles. The zero-order valence-corrected chi connectivity index (χ0v) is 11.3. The predicted molar refractivity (Wildman–Crippen MR) is 72.1 cm³/mol. The van der Waals surface area contributed by atoms with Gasteiger partial charge in [0.25, 0.3) is 5.91 Å². The molecule has 6 nitrogen and oxygen atoms in total. The molecular weight excluding hydrogens is 258 g/mol. The fraction of sp³-hybridized carbons (Fsp3) is 0.286. The van der Waals surface area contributed by atoms with Crippen LogP contribution in [0.15, 0.2) is 35.5 Å². The second-order valence-corrected chi connectivity index (χ2v) is 4.86. The molecular formula is C14H15N3O3. The lowest BCUT2D eigenvalue weighted by Crippen LogP contribution is -2.44. The van der Waals surface area contributed by atoms with Crippen molar-refractivity contribution in [3.63, 3.8) is 0 Å². The van der Waals surface area contributed by atoms with Gasteiger partial charge in [-0.05, 0) is 17.7 Å². The topological polar surface area (TPSA) is 70.7 Å². The molecule has 0 bridgehead atoms. The third-order valence-electron chi connectivity index (χ3n) is 3.58. The fourth-order valence-corrected chi connectivity index (χ4v) is 2.56. The highest BCUT2D eigenvalue weighted by Gasteiger charge is 2.38. The molecule has 0 saturated carbocycles. The van der Waals surface area contributed by atoms with Gasteiger partial charge in [0, 0.05) is 7.05 Å². The fourth-order valence-electron chi connectivity index (χ4n) is 2.56. The summed E-state index contributed by atoms with van der Waals surface area (Å²) < 4.78 is 5.12. The number of carbonyl (C=O) groups is 2. The third kappa shape index (κ3) is 1.89. The summed E-state index contributed by atoms with van der Waals surface area (Å²) >= 11 is 0. The second kappa shape index (κ2) is 4.56. The van der Waals surface area contributed by atoms with Gasteiger partial charge in [0.2, 0.25) is 0 Å². The van der Waals surface area contributed by atoms with Crippen molar-refractivity contribution in [1.82, 2.24) is 15.5 Å². The summed E-state index contributed by atoms with van der Waals surface area (Å²) in [6.45, 7) is 0.439. The first-order chi connectivity index (χ1) is 9.60. The molecule has 0 radical (unpaired) electrons. The molecule has 0 spiro atoms. The number of urea groups is 1. The highest BCUT2D eigenvalue weighted by molar-refractivity contribution is 6.01. The lowest BCUT2D eigenvalue weighted by atomic mass is 9.96. The summed E-state index contributed by atoms with van der Waals surface area (Å²) in [7, 11) is 3.31. The molecule has 1 aromatic rings. The molecule has 2 aliphatic rings. The summed E-state index contributed by atoms with van der Waals surface area (Å²) in [5, 5.41) is 5.50. The Labute approximate surface area is 116 Å². The molecule has 20 heavy (non-hydrogen) atoms. The minimum absolute atomic E-state index is 0.0617. The van der Waals surface area contributed by atoms with Crippen LogP contribution < -0.4 is 15.4 Å². The molecule has 3 rings (SSSR count). The van der Waals surface area contributed by atoms with Crippen molar-refractivity contribution in [1.29, 1.82) is 0 Å². The Hall–Kier alpha value is -2.50. The maximum absolute atomic E-state index is 12.2. The van der Waals surface area contributed by atoms with Crippen LogP contribution in [0.3, 0.4) is 0 Å². The Kier molecular flexibility index (Phi) is 2.85. The zero-order chi connectivity index (χ0) is 14.3. The van der Waals surface area contributed by atoms with Crippen LogP contribution in [0.25, 0.3) is 0 Å². The normalized spacial score (nSPS) is 21.5. The number of methoxy groups -OCH3 is 1. The molecule has 2 N–H and O–H groups in total. The Morgan fingerprint density at radius 3 is 2.60 bits per heavy atom. The summed E-state index contributed by atoms with van der Waals surface area (Å²) in [6, 6.07) is 6.63. The predicted octanol–water partition coefficient (Wildman–Crippen LogP) is 0.775. The van der Waals surface area contributed by atoms with Crippen LogP contribution in [0.1, 0.15) is 11.6 Å². The van der Waals surface area contributed by atoms with Crippen LogP contribution in [-0.2, 0) is 4.79 Å². The van der Waals surface area contributed by atoms with Crippen LogP contribution in [0.4, 0.5) is 4.79 Å². The van der Waals surface area contributed by atoms with Gasteiger partial charge >= 0.3 is 6.03 Å². The molecule has 6 heteroatoms. The van der Waals surface area contributed by atoms with Gasteiger partial charge in [-0.3, -0.25) is 4.79 Å². The summed E-state index contributed by atoms with van der Waals surface area (Å²) in [5.74, 6) is 0.673. The number of rotatable bonds is 2. The van der Waals surface area contributed by atoms with E-state index in [2.05, 4.69) is 10.6 Å². The Bertz CT molecular complexity index is 607. The first-order valence-corrected chi connectivity index (χ1v) is 6.30. The van der Waals surface area contributed by atoms with Crippen LogP contribution in [-0.4, -0.2) is 37.5 Å². The van der Waals surface area contributed by atoms with Gasteiger partial charge in [-0.2, -0.15) is 0 Å². The molecule has 1 unspecified atom stereocenters. The number of nitrogens with one attached hydrogen (secondary N) is 2. The van der Waals surface area contributed by atoms with Gasteiger partial charge in [0.05, 0.1) is 31.0 Å². The quantitative estimate of drug-likeness (QED) is 0.836. The first kappa shape index (κ1) is 12.5. The van der Waals surface area contributed by atoms with Crippen molar-refractivity contribution in [2.75, 3.05) is 20.7 Å².